The Balaban J connectivity index is 1.80. The van der Waals surface area contributed by atoms with Crippen LogP contribution in [0.3, 0.4) is 0 Å². The summed E-state index contributed by atoms with van der Waals surface area (Å²) in [6.07, 6.45) is 0. The maximum absolute atomic E-state index is 12.6. The van der Waals surface area contributed by atoms with Gasteiger partial charge in [-0.15, -0.1) is 0 Å². The number of halogens is 3. The lowest BCUT2D eigenvalue weighted by molar-refractivity contribution is -0.0436. The Bertz CT molecular complexity index is 1180. The first-order valence-corrected chi connectivity index (χ1v) is 9.88. The van der Waals surface area contributed by atoms with E-state index in [1.54, 1.807) is 0 Å². The molecule has 0 atom stereocenters. The summed E-state index contributed by atoms with van der Waals surface area (Å²) in [5.41, 5.74) is -3.86. The largest absolute Gasteiger partial charge is 0.501 e. The Morgan fingerprint density at radius 1 is 1.03 bits per heavy atom. The predicted molar refractivity (Wildman–Crippen MR) is 99.8 cm³/mol. The van der Waals surface area contributed by atoms with Crippen LogP contribution in [0, 0.1) is 6.92 Å². The molecule has 1 aromatic heterocycles. The molecule has 0 aliphatic carbocycles. The highest BCUT2D eigenvalue weighted by atomic mass is 32.2. The highest BCUT2D eigenvalue weighted by Crippen LogP contribution is 2.30. The SMILES string of the molecule is Cc1nc(CN(C)C(=O)c2ccc(S(=O)(=O)C(F)(F)F)cc2)nc2ccccc12. The van der Waals surface area contributed by atoms with Gasteiger partial charge in [-0.2, -0.15) is 13.2 Å². The van der Waals surface area contributed by atoms with Gasteiger partial charge >= 0.3 is 5.51 Å². The minimum absolute atomic E-state index is 0.0473. The van der Waals surface area contributed by atoms with Gasteiger partial charge in [0.1, 0.15) is 5.82 Å². The fraction of sp³-hybridized carbons (Fsp3) is 0.211. The smallest absolute Gasteiger partial charge is 0.334 e. The Labute approximate surface area is 164 Å². The number of hydrogen-bond donors (Lipinski definition) is 0. The van der Waals surface area contributed by atoms with E-state index in [-0.39, 0.29) is 12.1 Å². The summed E-state index contributed by atoms with van der Waals surface area (Å²) in [6, 6.07) is 11.0. The highest BCUT2D eigenvalue weighted by molar-refractivity contribution is 7.92. The molecule has 2 aromatic carbocycles. The molecular formula is C19H16F3N3O3S. The van der Waals surface area contributed by atoms with E-state index in [4.69, 9.17) is 0 Å². The van der Waals surface area contributed by atoms with Gasteiger partial charge in [-0.1, -0.05) is 18.2 Å². The number of benzene rings is 2. The zero-order chi connectivity index (χ0) is 21.4. The summed E-state index contributed by atoms with van der Waals surface area (Å²) >= 11 is 0. The molecule has 0 saturated heterocycles. The second kappa shape index (κ2) is 7.43. The average molecular weight is 423 g/mol. The van der Waals surface area contributed by atoms with E-state index >= 15 is 0 Å². The lowest BCUT2D eigenvalue weighted by Crippen LogP contribution is -2.27. The van der Waals surface area contributed by atoms with Crippen LogP contribution in [0.25, 0.3) is 10.9 Å². The molecule has 0 aliphatic heterocycles. The summed E-state index contributed by atoms with van der Waals surface area (Å²) < 4.78 is 60.7. The van der Waals surface area contributed by atoms with E-state index in [1.807, 2.05) is 31.2 Å². The zero-order valence-corrected chi connectivity index (χ0v) is 16.3. The number of rotatable bonds is 4. The van der Waals surface area contributed by atoms with Gasteiger partial charge in [0, 0.05) is 23.7 Å². The minimum Gasteiger partial charge on any atom is -0.334 e. The van der Waals surface area contributed by atoms with Crippen molar-refractivity contribution in [2.24, 2.45) is 0 Å². The number of fused-ring (bicyclic) bond motifs is 1. The van der Waals surface area contributed by atoms with Gasteiger partial charge in [0.15, 0.2) is 0 Å². The van der Waals surface area contributed by atoms with Crippen LogP contribution in [0.5, 0.6) is 0 Å². The van der Waals surface area contributed by atoms with E-state index in [9.17, 15) is 26.4 Å². The number of carbonyl (C=O) groups is 1. The molecule has 10 heteroatoms. The summed E-state index contributed by atoms with van der Waals surface area (Å²) in [7, 11) is -3.96. The first-order valence-electron chi connectivity index (χ1n) is 8.40. The maximum atomic E-state index is 12.6. The quantitative estimate of drug-likeness (QED) is 0.642. The fourth-order valence-electron chi connectivity index (χ4n) is 2.78. The van der Waals surface area contributed by atoms with Crippen LogP contribution in [-0.2, 0) is 16.4 Å². The van der Waals surface area contributed by atoms with Gasteiger partial charge in [-0.25, -0.2) is 18.4 Å². The molecule has 0 fully saturated rings. The second-order valence-corrected chi connectivity index (χ2v) is 8.32. The third-order valence-corrected chi connectivity index (χ3v) is 5.78. The second-order valence-electron chi connectivity index (χ2n) is 6.38. The first kappa shape index (κ1) is 20.7. The minimum atomic E-state index is -5.46. The normalized spacial score (nSPS) is 12.2. The Morgan fingerprint density at radius 3 is 2.28 bits per heavy atom. The molecule has 1 amide bonds. The molecule has 0 radical (unpaired) electrons. The molecule has 0 N–H and O–H groups in total. The lowest BCUT2D eigenvalue weighted by atomic mass is 10.2. The first-order chi connectivity index (χ1) is 13.5. The van der Waals surface area contributed by atoms with Crippen LogP contribution in [0.4, 0.5) is 13.2 Å². The molecule has 3 rings (SSSR count). The molecule has 152 valence electrons. The topological polar surface area (TPSA) is 80.2 Å². The zero-order valence-electron chi connectivity index (χ0n) is 15.4. The van der Waals surface area contributed by atoms with E-state index in [2.05, 4.69) is 9.97 Å². The summed E-state index contributed by atoms with van der Waals surface area (Å²) in [5, 5.41) is 0.895. The lowest BCUT2D eigenvalue weighted by Gasteiger charge is -2.17. The van der Waals surface area contributed by atoms with Crippen molar-refractivity contribution >= 4 is 26.6 Å². The van der Waals surface area contributed by atoms with Crippen molar-refractivity contribution in [2.75, 3.05) is 7.05 Å². The molecule has 29 heavy (non-hydrogen) atoms. The summed E-state index contributed by atoms with van der Waals surface area (Å²) in [6.45, 7) is 1.91. The van der Waals surface area contributed by atoms with Crippen molar-refractivity contribution in [3.63, 3.8) is 0 Å². The van der Waals surface area contributed by atoms with Crippen LogP contribution < -0.4 is 0 Å². The van der Waals surface area contributed by atoms with Crippen LogP contribution in [-0.4, -0.2) is 41.7 Å². The molecule has 0 saturated carbocycles. The van der Waals surface area contributed by atoms with Crippen molar-refractivity contribution in [1.29, 1.82) is 0 Å². The maximum Gasteiger partial charge on any atom is 0.501 e. The van der Waals surface area contributed by atoms with Crippen LogP contribution in [0.1, 0.15) is 21.9 Å². The van der Waals surface area contributed by atoms with Gasteiger partial charge in [-0.05, 0) is 37.3 Å². The average Bonchev–Trinajstić information content (AvgIpc) is 2.66. The predicted octanol–water partition coefficient (Wildman–Crippen LogP) is 3.50. The van der Waals surface area contributed by atoms with E-state index in [1.165, 1.54) is 11.9 Å². The number of alkyl halides is 3. The molecule has 6 nitrogen and oxygen atoms in total. The van der Waals surface area contributed by atoms with Crippen molar-refractivity contribution in [3.05, 3.63) is 65.6 Å². The highest BCUT2D eigenvalue weighted by Gasteiger charge is 2.46. The van der Waals surface area contributed by atoms with Crippen molar-refractivity contribution in [2.45, 2.75) is 23.9 Å². The van der Waals surface area contributed by atoms with Crippen molar-refractivity contribution in [3.8, 4) is 0 Å². The van der Waals surface area contributed by atoms with Gasteiger partial charge in [0.2, 0.25) is 0 Å². The van der Waals surface area contributed by atoms with E-state index in [0.29, 0.717) is 5.82 Å². The number of amides is 1. The third kappa shape index (κ3) is 4.07. The van der Waals surface area contributed by atoms with E-state index < -0.39 is 26.1 Å². The van der Waals surface area contributed by atoms with Gasteiger partial charge < -0.3 is 4.90 Å². The molecule has 0 bridgehead atoms. The molecule has 0 unspecified atom stereocenters. The van der Waals surface area contributed by atoms with Crippen LogP contribution in [0.15, 0.2) is 53.4 Å². The number of nitrogens with zero attached hydrogens (tertiary/aromatic N) is 3. The number of aromatic nitrogens is 2. The van der Waals surface area contributed by atoms with Crippen molar-refractivity contribution < 1.29 is 26.4 Å². The number of hydrogen-bond acceptors (Lipinski definition) is 5. The molecule has 3 aromatic rings. The Hall–Kier alpha value is -3.01. The number of para-hydroxylation sites is 1. The van der Waals surface area contributed by atoms with Crippen molar-refractivity contribution in [1.82, 2.24) is 14.9 Å². The van der Waals surface area contributed by atoms with Gasteiger partial charge in [0.05, 0.1) is 17.0 Å². The molecule has 0 aliphatic rings. The standard InChI is InChI=1S/C19H16F3N3O3S/c1-12-15-5-3-4-6-16(15)24-17(23-12)11-25(2)18(26)13-7-9-14(10-8-13)29(27,28)19(20,21)22/h3-10H,11H2,1-2H3. The Kier molecular flexibility index (Phi) is 5.31. The van der Waals surface area contributed by atoms with Crippen LogP contribution in [0.2, 0.25) is 0 Å². The van der Waals surface area contributed by atoms with Gasteiger partial charge in [-0.3, -0.25) is 4.79 Å². The monoisotopic (exact) mass is 423 g/mol. The Morgan fingerprint density at radius 2 is 1.66 bits per heavy atom. The third-order valence-electron chi connectivity index (χ3n) is 4.28. The number of aryl methyl sites for hydroxylation is 1. The molecular weight excluding hydrogens is 407 g/mol. The fourth-order valence-corrected chi connectivity index (χ4v) is 3.54. The van der Waals surface area contributed by atoms with E-state index in [0.717, 1.165) is 40.9 Å². The number of sulfone groups is 1. The summed E-state index contributed by atoms with van der Waals surface area (Å²) in [5.74, 6) is -0.0938. The molecule has 1 heterocycles. The molecule has 0 spiro atoms. The summed E-state index contributed by atoms with van der Waals surface area (Å²) in [4.78, 5) is 21.7. The van der Waals surface area contributed by atoms with Crippen LogP contribution >= 0.6 is 0 Å². The van der Waals surface area contributed by atoms with Gasteiger partial charge in [0.25, 0.3) is 15.7 Å². The number of carbonyl (C=O) groups excluding carboxylic acids is 1.